The Morgan fingerprint density at radius 1 is 1.10 bits per heavy atom. The molecule has 0 unspecified atom stereocenters. The summed E-state index contributed by atoms with van der Waals surface area (Å²) in [6.45, 7) is 10.8. The summed E-state index contributed by atoms with van der Waals surface area (Å²) in [7, 11) is 0. The number of aromatic nitrogens is 1. The first-order valence-corrected chi connectivity index (χ1v) is 8.15. The second-order valence-electron chi connectivity index (χ2n) is 5.87. The summed E-state index contributed by atoms with van der Waals surface area (Å²) >= 11 is 1.84. The third-order valence-electron chi connectivity index (χ3n) is 3.09. The van der Waals surface area contributed by atoms with E-state index in [1.54, 1.807) is 0 Å². The smallest absolute Gasteiger partial charge is 0.0961 e. The molecule has 20 heavy (non-hydrogen) atoms. The molecule has 1 N–H and O–H groups in total. The monoisotopic (exact) mass is 288 g/mol. The van der Waals surface area contributed by atoms with Crippen LogP contribution in [0.15, 0.2) is 30.3 Å². The number of nitrogens with zero attached hydrogens (tertiary/aromatic N) is 1. The fraction of sp³-hybridized carbons (Fsp3) is 0.471. The summed E-state index contributed by atoms with van der Waals surface area (Å²) < 4.78 is 0. The highest BCUT2D eigenvalue weighted by molar-refractivity contribution is 7.12. The highest BCUT2D eigenvalue weighted by atomic mass is 32.1. The normalized spacial score (nSPS) is 11.5. The summed E-state index contributed by atoms with van der Waals surface area (Å²) in [5, 5.41) is 4.76. The molecule has 0 bridgehead atoms. The molecule has 0 aliphatic heterocycles. The summed E-state index contributed by atoms with van der Waals surface area (Å²) in [6, 6.07) is 10.5. The van der Waals surface area contributed by atoms with E-state index in [1.165, 1.54) is 15.4 Å². The van der Waals surface area contributed by atoms with E-state index >= 15 is 0 Å². The quantitative estimate of drug-likeness (QED) is 0.835. The second-order valence-corrected chi connectivity index (χ2v) is 6.98. The molecule has 0 saturated heterocycles. The van der Waals surface area contributed by atoms with Crippen molar-refractivity contribution in [1.82, 2.24) is 10.3 Å². The molecule has 0 atom stereocenters. The Bertz CT molecular complexity index is 529. The van der Waals surface area contributed by atoms with Crippen molar-refractivity contribution in [3.05, 3.63) is 40.2 Å². The van der Waals surface area contributed by atoms with Gasteiger partial charge in [-0.25, -0.2) is 4.98 Å². The van der Waals surface area contributed by atoms with Gasteiger partial charge in [0.25, 0.3) is 0 Å². The molecule has 0 spiro atoms. The van der Waals surface area contributed by atoms with E-state index in [0.717, 1.165) is 18.8 Å². The molecule has 0 saturated carbocycles. The van der Waals surface area contributed by atoms with E-state index in [9.17, 15) is 0 Å². The third kappa shape index (κ3) is 3.90. The predicted octanol–water partition coefficient (Wildman–Crippen LogP) is 4.68. The second kappa shape index (κ2) is 7.00. The van der Waals surface area contributed by atoms with Crippen molar-refractivity contribution in [1.29, 1.82) is 0 Å². The van der Waals surface area contributed by atoms with Crippen molar-refractivity contribution in [3.63, 3.8) is 0 Å². The van der Waals surface area contributed by atoms with Gasteiger partial charge in [-0.3, -0.25) is 0 Å². The maximum atomic E-state index is 4.86. The largest absolute Gasteiger partial charge is 0.312 e. The Morgan fingerprint density at radius 2 is 1.80 bits per heavy atom. The molecule has 0 aliphatic rings. The van der Waals surface area contributed by atoms with Gasteiger partial charge in [-0.15, -0.1) is 11.3 Å². The van der Waals surface area contributed by atoms with Crippen molar-refractivity contribution in [2.75, 3.05) is 6.54 Å². The van der Waals surface area contributed by atoms with Crippen molar-refractivity contribution >= 4 is 11.3 Å². The van der Waals surface area contributed by atoms with Crippen LogP contribution in [0.5, 0.6) is 0 Å². The van der Waals surface area contributed by atoms with Crippen LogP contribution in [-0.4, -0.2) is 11.5 Å². The van der Waals surface area contributed by atoms with Crippen LogP contribution in [-0.2, 0) is 6.54 Å². The van der Waals surface area contributed by atoms with Gasteiger partial charge in [0.05, 0.1) is 10.7 Å². The predicted molar refractivity (Wildman–Crippen MR) is 88.2 cm³/mol. The van der Waals surface area contributed by atoms with E-state index in [2.05, 4.69) is 63.3 Å². The first-order valence-electron chi connectivity index (χ1n) is 7.33. The highest BCUT2D eigenvalue weighted by Gasteiger charge is 2.14. The standard InChI is InChI=1S/C17H24N2S/c1-12(2)10-18-11-15-16(14-8-6-5-7-9-14)19-17(20-15)13(3)4/h5-9,12-13,18H,10-11H2,1-4H3. The Hall–Kier alpha value is -1.19. The Labute approximate surface area is 126 Å². The molecular formula is C17H24N2S. The summed E-state index contributed by atoms with van der Waals surface area (Å²) in [5.74, 6) is 1.16. The number of thiazole rings is 1. The SMILES string of the molecule is CC(C)CNCc1sc(C(C)C)nc1-c1ccccc1. The number of hydrogen-bond donors (Lipinski definition) is 1. The van der Waals surface area contributed by atoms with E-state index < -0.39 is 0 Å². The first kappa shape index (κ1) is 15.2. The number of nitrogens with one attached hydrogen (secondary N) is 1. The molecule has 2 nitrogen and oxygen atoms in total. The van der Waals surface area contributed by atoms with Gasteiger partial charge in [-0.1, -0.05) is 58.0 Å². The van der Waals surface area contributed by atoms with Gasteiger partial charge in [0.2, 0.25) is 0 Å². The van der Waals surface area contributed by atoms with Gasteiger partial charge in [-0.2, -0.15) is 0 Å². The Balaban J connectivity index is 2.24. The van der Waals surface area contributed by atoms with Crippen molar-refractivity contribution < 1.29 is 0 Å². The molecule has 3 heteroatoms. The molecule has 1 aromatic carbocycles. The van der Waals surface area contributed by atoms with E-state index in [1.807, 2.05) is 11.3 Å². The molecule has 0 amide bonds. The van der Waals surface area contributed by atoms with Crippen LogP contribution in [0.25, 0.3) is 11.3 Å². The highest BCUT2D eigenvalue weighted by Crippen LogP contribution is 2.31. The van der Waals surface area contributed by atoms with Crippen LogP contribution in [0.2, 0.25) is 0 Å². The molecule has 108 valence electrons. The maximum absolute atomic E-state index is 4.86. The lowest BCUT2D eigenvalue weighted by molar-refractivity contribution is 0.555. The van der Waals surface area contributed by atoms with Gasteiger partial charge < -0.3 is 5.32 Å². The van der Waals surface area contributed by atoms with Crippen LogP contribution >= 0.6 is 11.3 Å². The Morgan fingerprint density at radius 3 is 2.40 bits per heavy atom. The average Bonchev–Trinajstić information content (AvgIpc) is 2.84. The number of benzene rings is 1. The van der Waals surface area contributed by atoms with Crippen LogP contribution < -0.4 is 5.32 Å². The molecule has 0 radical (unpaired) electrons. The minimum Gasteiger partial charge on any atom is -0.312 e. The van der Waals surface area contributed by atoms with Crippen LogP contribution in [0.1, 0.15) is 43.5 Å². The molecule has 0 aliphatic carbocycles. The average molecular weight is 288 g/mol. The summed E-state index contributed by atoms with van der Waals surface area (Å²) in [6.07, 6.45) is 0. The van der Waals surface area contributed by atoms with Crippen LogP contribution in [0, 0.1) is 5.92 Å². The van der Waals surface area contributed by atoms with Gasteiger partial charge >= 0.3 is 0 Å². The van der Waals surface area contributed by atoms with E-state index in [0.29, 0.717) is 11.8 Å². The lowest BCUT2D eigenvalue weighted by atomic mass is 10.1. The lowest BCUT2D eigenvalue weighted by Crippen LogP contribution is -2.18. The van der Waals surface area contributed by atoms with Crippen LogP contribution in [0.3, 0.4) is 0 Å². The van der Waals surface area contributed by atoms with Gasteiger partial charge in [0.1, 0.15) is 0 Å². The molecule has 1 aromatic heterocycles. The maximum Gasteiger partial charge on any atom is 0.0961 e. The zero-order chi connectivity index (χ0) is 14.5. The van der Waals surface area contributed by atoms with Crippen LogP contribution in [0.4, 0.5) is 0 Å². The van der Waals surface area contributed by atoms with E-state index in [-0.39, 0.29) is 0 Å². The zero-order valence-electron chi connectivity index (χ0n) is 12.8. The molecule has 2 rings (SSSR count). The van der Waals surface area contributed by atoms with Crippen molar-refractivity contribution in [3.8, 4) is 11.3 Å². The summed E-state index contributed by atoms with van der Waals surface area (Å²) in [4.78, 5) is 6.20. The van der Waals surface area contributed by atoms with Crippen molar-refractivity contribution in [2.24, 2.45) is 5.92 Å². The molecular weight excluding hydrogens is 264 g/mol. The third-order valence-corrected chi connectivity index (χ3v) is 4.45. The fourth-order valence-electron chi connectivity index (χ4n) is 2.03. The first-order chi connectivity index (χ1) is 9.58. The summed E-state index contributed by atoms with van der Waals surface area (Å²) in [5.41, 5.74) is 2.37. The number of rotatable bonds is 6. The van der Waals surface area contributed by atoms with Crippen molar-refractivity contribution in [2.45, 2.75) is 40.2 Å². The van der Waals surface area contributed by atoms with Gasteiger partial charge in [0, 0.05) is 22.9 Å². The zero-order valence-corrected chi connectivity index (χ0v) is 13.6. The van der Waals surface area contributed by atoms with E-state index in [4.69, 9.17) is 4.98 Å². The topological polar surface area (TPSA) is 24.9 Å². The Kier molecular flexibility index (Phi) is 5.32. The molecule has 1 heterocycles. The number of hydrogen-bond acceptors (Lipinski definition) is 3. The lowest BCUT2D eigenvalue weighted by Gasteiger charge is -2.07. The minimum absolute atomic E-state index is 0.487. The minimum atomic E-state index is 0.487. The fourth-order valence-corrected chi connectivity index (χ4v) is 3.09. The molecule has 2 aromatic rings. The van der Waals surface area contributed by atoms with Gasteiger partial charge in [-0.05, 0) is 12.5 Å². The molecule has 0 fully saturated rings. The van der Waals surface area contributed by atoms with Gasteiger partial charge in [0.15, 0.2) is 0 Å².